The fourth-order valence-electron chi connectivity index (χ4n) is 4.91. The Labute approximate surface area is 287 Å². The summed E-state index contributed by atoms with van der Waals surface area (Å²) in [5.74, 6) is -11.2. The molecule has 0 aliphatic carbocycles. The van der Waals surface area contributed by atoms with Crippen molar-refractivity contribution in [3.05, 3.63) is 10.4 Å². The first-order valence-electron chi connectivity index (χ1n) is 14.5. The van der Waals surface area contributed by atoms with Crippen LogP contribution in [0.4, 0.5) is 26.3 Å². The first-order valence-corrected chi connectivity index (χ1v) is 14.5. The molecule has 0 aromatic rings. The van der Waals surface area contributed by atoms with Gasteiger partial charge in [-0.05, 0) is 5.53 Å². The molecular formula is C26H31F6N5O15. The maximum absolute atomic E-state index is 13.4. The molecular weight excluding hydrogens is 736 g/mol. The highest BCUT2D eigenvalue weighted by Crippen LogP contribution is 2.32. The zero-order valence-corrected chi connectivity index (χ0v) is 27.4. The third-order valence-corrected chi connectivity index (χ3v) is 6.64. The summed E-state index contributed by atoms with van der Waals surface area (Å²) in [7, 11) is 0. The predicted octanol–water partition coefficient (Wildman–Crippen LogP) is 0.147. The molecule has 2 rings (SSSR count). The van der Waals surface area contributed by atoms with E-state index in [0.29, 0.717) is 0 Å². The molecule has 2 heterocycles. The lowest BCUT2D eigenvalue weighted by Gasteiger charge is -2.47. The molecule has 2 N–H and O–H groups in total. The van der Waals surface area contributed by atoms with Crippen LogP contribution in [0.3, 0.4) is 0 Å². The molecule has 0 aromatic heterocycles. The van der Waals surface area contributed by atoms with E-state index in [0.717, 1.165) is 34.6 Å². The lowest BCUT2D eigenvalue weighted by atomic mass is 9.95. The number of rotatable bonds is 12. The third kappa shape index (κ3) is 12.4. The summed E-state index contributed by atoms with van der Waals surface area (Å²) in [6, 6.07) is -4.45. The molecule has 2 aliphatic heterocycles. The molecule has 2 fully saturated rings. The standard InChI is InChI=1S/C26H31F6N5O15/c1-8(38)46-17-13(6-34-37-33)51-21(15(19(17)48-10(3)40)35-23(43)25(27,28)29)45-7-14-18(47-9(2)39)20(49-11(4)41)16(22(52-14)50-12(5)42)36-24(44)26(30,31)32/h13-22H,6-7H2,1-5H3,(H,35,43)(H,36,44)/t13?,14?,15?,16?,17-,18-,19?,20?,21-,22-/m1/s1. The Morgan fingerprint density at radius 1 is 0.615 bits per heavy atom. The number of hydrogen-bond donors (Lipinski definition) is 2. The van der Waals surface area contributed by atoms with Gasteiger partial charge in [0.15, 0.2) is 30.7 Å². The van der Waals surface area contributed by atoms with Crippen LogP contribution in [0.2, 0.25) is 0 Å². The van der Waals surface area contributed by atoms with Crippen LogP contribution in [0.1, 0.15) is 34.6 Å². The Bertz CT molecular complexity index is 1430. The van der Waals surface area contributed by atoms with Crippen LogP contribution in [-0.2, 0) is 71.5 Å². The van der Waals surface area contributed by atoms with E-state index in [2.05, 4.69) is 10.0 Å². The van der Waals surface area contributed by atoms with Gasteiger partial charge in [0.2, 0.25) is 6.29 Å². The number of azide groups is 1. The summed E-state index contributed by atoms with van der Waals surface area (Å²) >= 11 is 0. The minimum absolute atomic E-state index is 0.758. The predicted molar refractivity (Wildman–Crippen MR) is 147 cm³/mol. The van der Waals surface area contributed by atoms with Crippen LogP contribution in [0.25, 0.3) is 10.4 Å². The van der Waals surface area contributed by atoms with Crippen LogP contribution in [0, 0.1) is 0 Å². The number of halogens is 6. The van der Waals surface area contributed by atoms with Crippen LogP contribution in [-0.4, -0.2) is 128 Å². The summed E-state index contributed by atoms with van der Waals surface area (Å²) in [4.78, 5) is 86.5. The molecule has 0 radical (unpaired) electrons. The zero-order valence-electron chi connectivity index (χ0n) is 27.4. The van der Waals surface area contributed by atoms with Crippen molar-refractivity contribution in [3.8, 4) is 0 Å². The normalized spacial score (nSPS) is 28.9. The minimum atomic E-state index is -5.58. The summed E-state index contributed by atoms with van der Waals surface area (Å²) in [5, 5.41) is 6.16. The number of esters is 5. The number of carbonyl (C=O) groups excluding carboxylic acids is 7. The van der Waals surface area contributed by atoms with Crippen molar-refractivity contribution in [3.63, 3.8) is 0 Å². The van der Waals surface area contributed by atoms with E-state index in [4.69, 9.17) is 43.4 Å². The lowest BCUT2D eigenvalue weighted by molar-refractivity contribution is -0.301. The van der Waals surface area contributed by atoms with Crippen LogP contribution >= 0.6 is 0 Å². The van der Waals surface area contributed by atoms with E-state index in [-0.39, 0.29) is 0 Å². The second-order valence-electron chi connectivity index (χ2n) is 10.7. The van der Waals surface area contributed by atoms with Gasteiger partial charge >= 0.3 is 54.0 Å². The monoisotopic (exact) mass is 767 g/mol. The van der Waals surface area contributed by atoms with Crippen LogP contribution in [0.15, 0.2) is 5.11 Å². The number of amides is 2. The van der Waals surface area contributed by atoms with Crippen molar-refractivity contribution in [2.24, 2.45) is 5.11 Å². The van der Waals surface area contributed by atoms with Crippen LogP contribution < -0.4 is 10.6 Å². The summed E-state index contributed by atoms with van der Waals surface area (Å²) in [6.07, 6.45) is -27.3. The first-order chi connectivity index (χ1) is 24.0. The maximum atomic E-state index is 13.4. The average Bonchev–Trinajstić information content (AvgIpc) is 2.98. The molecule has 0 saturated carbocycles. The Hall–Kier alpha value is -4.94. The SMILES string of the molecule is CC(=O)OC1C(NC(=O)C(F)(F)F)[C@H](OCC2O[C@@H](OC(C)=O)C(NC(=O)C(F)(F)F)C(OC(C)=O)[C@@H]2OC(C)=O)OC(CN=[N+]=[N-])[C@H]1OC(C)=O. The van der Waals surface area contributed by atoms with Crippen molar-refractivity contribution >= 4 is 41.7 Å². The number of ether oxygens (including phenoxy) is 8. The quantitative estimate of drug-likeness (QED) is 0.0668. The molecule has 10 atom stereocenters. The second kappa shape index (κ2) is 18.0. The molecule has 2 amide bonds. The number of alkyl halides is 6. The molecule has 292 valence electrons. The summed E-state index contributed by atoms with van der Waals surface area (Å²) in [6.45, 7) is 2.08. The van der Waals surface area contributed by atoms with E-state index < -0.39 is 128 Å². The molecule has 6 unspecified atom stereocenters. The Balaban J connectivity index is 2.68. The van der Waals surface area contributed by atoms with Gasteiger partial charge in [-0.25, -0.2) is 0 Å². The maximum Gasteiger partial charge on any atom is 0.471 e. The third-order valence-electron chi connectivity index (χ3n) is 6.64. The Kier molecular flexibility index (Phi) is 15.0. The molecule has 2 saturated heterocycles. The number of nitrogens with zero attached hydrogens (tertiary/aromatic N) is 3. The van der Waals surface area contributed by atoms with Gasteiger partial charge in [0.25, 0.3) is 0 Å². The Morgan fingerprint density at radius 3 is 1.37 bits per heavy atom. The van der Waals surface area contributed by atoms with Crippen molar-refractivity contribution < 1.29 is 97.8 Å². The smallest absolute Gasteiger partial charge is 0.456 e. The van der Waals surface area contributed by atoms with Gasteiger partial charge in [-0.1, -0.05) is 5.11 Å². The lowest BCUT2D eigenvalue weighted by Crippen LogP contribution is -2.69. The van der Waals surface area contributed by atoms with Gasteiger partial charge in [0.1, 0.15) is 24.3 Å². The van der Waals surface area contributed by atoms with Gasteiger partial charge in [-0.3, -0.25) is 33.6 Å². The van der Waals surface area contributed by atoms with E-state index >= 15 is 0 Å². The number of carbonyl (C=O) groups is 7. The van der Waals surface area contributed by atoms with Crippen molar-refractivity contribution in [2.75, 3.05) is 13.2 Å². The van der Waals surface area contributed by atoms with E-state index in [1.165, 1.54) is 10.6 Å². The zero-order chi connectivity index (χ0) is 39.7. The van der Waals surface area contributed by atoms with Gasteiger partial charge in [-0.15, -0.1) is 0 Å². The topological polar surface area (TPSA) is 266 Å². The molecule has 0 bridgehead atoms. The minimum Gasteiger partial charge on any atom is -0.456 e. The molecule has 2 aliphatic rings. The number of hydrogen-bond acceptors (Lipinski definition) is 16. The first kappa shape index (κ1) is 43.2. The molecule has 26 heteroatoms. The van der Waals surface area contributed by atoms with Gasteiger partial charge in [-0.2, -0.15) is 26.3 Å². The Morgan fingerprint density at radius 2 is 0.981 bits per heavy atom. The molecule has 52 heavy (non-hydrogen) atoms. The van der Waals surface area contributed by atoms with Gasteiger partial charge in [0, 0.05) is 39.5 Å². The molecule has 20 nitrogen and oxygen atoms in total. The van der Waals surface area contributed by atoms with Crippen LogP contribution in [0.5, 0.6) is 0 Å². The molecule has 0 aromatic carbocycles. The highest BCUT2D eigenvalue weighted by Gasteiger charge is 2.56. The van der Waals surface area contributed by atoms with Gasteiger partial charge in [0.05, 0.1) is 13.2 Å². The van der Waals surface area contributed by atoms with Crippen molar-refractivity contribution in [1.82, 2.24) is 10.6 Å². The highest BCUT2D eigenvalue weighted by atomic mass is 19.4. The van der Waals surface area contributed by atoms with E-state index in [1.54, 1.807) is 0 Å². The van der Waals surface area contributed by atoms with Crippen molar-refractivity contribution in [1.29, 1.82) is 0 Å². The number of nitrogens with one attached hydrogen (secondary N) is 2. The molecule has 0 spiro atoms. The highest BCUT2D eigenvalue weighted by molar-refractivity contribution is 5.82. The van der Waals surface area contributed by atoms with E-state index in [1.807, 2.05) is 0 Å². The van der Waals surface area contributed by atoms with Crippen molar-refractivity contribution in [2.45, 2.75) is 108 Å². The van der Waals surface area contributed by atoms with E-state index in [9.17, 15) is 59.9 Å². The largest absolute Gasteiger partial charge is 0.471 e. The van der Waals surface area contributed by atoms with Gasteiger partial charge < -0.3 is 48.5 Å². The summed E-state index contributed by atoms with van der Waals surface area (Å²) in [5.41, 5.74) is 8.85. The summed E-state index contributed by atoms with van der Waals surface area (Å²) < 4.78 is 122. The average molecular weight is 768 g/mol. The fourth-order valence-corrected chi connectivity index (χ4v) is 4.91. The fraction of sp³-hybridized carbons (Fsp3) is 0.731. The second-order valence-corrected chi connectivity index (χ2v) is 10.7.